The Morgan fingerprint density at radius 2 is 1.70 bits per heavy atom. The summed E-state index contributed by atoms with van der Waals surface area (Å²) in [6.45, 7) is 3.49. The Labute approximate surface area is 141 Å². The molecule has 0 aliphatic rings. The zero-order chi connectivity index (χ0) is 17.0. The molecule has 4 nitrogen and oxygen atoms in total. The van der Waals surface area contributed by atoms with E-state index in [0.29, 0.717) is 11.6 Å². The maximum Gasteiger partial charge on any atom is 0.252 e. The van der Waals surface area contributed by atoms with Crippen LogP contribution in [0.2, 0.25) is 5.02 Å². The summed E-state index contributed by atoms with van der Waals surface area (Å²) in [5.74, 6) is -0.417. The summed E-state index contributed by atoms with van der Waals surface area (Å²) >= 11 is 5.82. The van der Waals surface area contributed by atoms with Crippen molar-refractivity contribution >= 4 is 27.3 Å². The molecule has 122 valence electrons. The Morgan fingerprint density at radius 3 is 2.30 bits per heavy atom. The van der Waals surface area contributed by atoms with Crippen LogP contribution in [-0.4, -0.2) is 19.6 Å². The first-order valence-corrected chi connectivity index (χ1v) is 9.10. The van der Waals surface area contributed by atoms with Gasteiger partial charge in [0, 0.05) is 11.6 Å². The number of hydrogen-bond acceptors (Lipinski definition) is 3. The van der Waals surface area contributed by atoms with Crippen LogP contribution in [0.5, 0.6) is 0 Å². The highest BCUT2D eigenvalue weighted by Gasteiger charge is 2.24. The molecule has 0 radical (unpaired) electrons. The average molecular weight is 352 g/mol. The van der Waals surface area contributed by atoms with Gasteiger partial charge in [0.15, 0.2) is 9.84 Å². The van der Waals surface area contributed by atoms with Crippen molar-refractivity contribution < 1.29 is 13.2 Å². The molecule has 1 N–H and O–H groups in total. The molecule has 0 unspecified atom stereocenters. The third kappa shape index (κ3) is 4.12. The number of halogens is 1. The first kappa shape index (κ1) is 17.5. The second kappa shape index (κ2) is 7.15. The monoisotopic (exact) mass is 351 g/mol. The van der Waals surface area contributed by atoms with Crippen LogP contribution in [-0.2, 0) is 16.4 Å². The van der Waals surface area contributed by atoms with E-state index in [9.17, 15) is 13.2 Å². The highest BCUT2D eigenvalue weighted by atomic mass is 35.5. The molecule has 23 heavy (non-hydrogen) atoms. The lowest BCUT2D eigenvalue weighted by Gasteiger charge is -2.13. The maximum atomic E-state index is 12.4. The van der Waals surface area contributed by atoms with Crippen LogP contribution in [0.15, 0.2) is 53.4 Å². The molecule has 2 rings (SSSR count). The van der Waals surface area contributed by atoms with E-state index in [1.807, 2.05) is 0 Å². The van der Waals surface area contributed by atoms with Gasteiger partial charge in [-0.05, 0) is 43.7 Å². The van der Waals surface area contributed by atoms with Gasteiger partial charge in [0.2, 0.25) is 0 Å². The standard InChI is InChI=1S/C17H18ClNO3S/c1-12(2)23(21,22)16-6-4-3-5-15(16)17(20)19-11-13-7-9-14(18)10-8-13/h3-10,12H,11H2,1-2H3,(H,19,20). The van der Waals surface area contributed by atoms with Gasteiger partial charge in [-0.25, -0.2) is 8.42 Å². The van der Waals surface area contributed by atoms with E-state index in [2.05, 4.69) is 5.32 Å². The molecule has 0 saturated heterocycles. The molecular formula is C17H18ClNO3S. The van der Waals surface area contributed by atoms with Gasteiger partial charge in [0.1, 0.15) is 0 Å². The molecule has 0 saturated carbocycles. The van der Waals surface area contributed by atoms with E-state index in [4.69, 9.17) is 11.6 Å². The quantitative estimate of drug-likeness (QED) is 0.897. The fourth-order valence-corrected chi connectivity index (χ4v) is 3.41. The number of sulfone groups is 1. The third-order valence-corrected chi connectivity index (χ3v) is 5.89. The minimum Gasteiger partial charge on any atom is -0.348 e. The van der Waals surface area contributed by atoms with Crippen LogP contribution >= 0.6 is 11.6 Å². The van der Waals surface area contributed by atoms with Crippen LogP contribution < -0.4 is 5.32 Å². The number of amides is 1. The fraction of sp³-hybridized carbons (Fsp3) is 0.235. The van der Waals surface area contributed by atoms with Crippen molar-refractivity contribution in [3.05, 3.63) is 64.7 Å². The molecular weight excluding hydrogens is 334 g/mol. The minimum absolute atomic E-state index is 0.0589. The largest absolute Gasteiger partial charge is 0.348 e. The predicted octanol–water partition coefficient (Wildman–Crippen LogP) is 3.45. The molecule has 0 bridgehead atoms. The first-order valence-electron chi connectivity index (χ1n) is 7.18. The number of carbonyl (C=O) groups excluding carboxylic acids is 1. The number of carbonyl (C=O) groups is 1. The molecule has 0 heterocycles. The summed E-state index contributed by atoms with van der Waals surface area (Å²) in [4.78, 5) is 12.4. The second-order valence-electron chi connectivity index (χ2n) is 5.40. The fourth-order valence-electron chi connectivity index (χ4n) is 2.04. The Bertz CT molecular complexity index is 799. The molecule has 0 aliphatic heterocycles. The highest BCUT2D eigenvalue weighted by Crippen LogP contribution is 2.20. The maximum absolute atomic E-state index is 12.4. The average Bonchev–Trinajstić information content (AvgIpc) is 2.54. The minimum atomic E-state index is -3.52. The SMILES string of the molecule is CC(C)S(=O)(=O)c1ccccc1C(=O)NCc1ccc(Cl)cc1. The molecule has 0 aliphatic carbocycles. The van der Waals surface area contributed by atoms with E-state index >= 15 is 0 Å². The van der Waals surface area contributed by atoms with Crippen LogP contribution in [0.25, 0.3) is 0 Å². The van der Waals surface area contributed by atoms with Crippen molar-refractivity contribution in [1.82, 2.24) is 5.32 Å². The van der Waals surface area contributed by atoms with Gasteiger partial charge in [0.05, 0.1) is 15.7 Å². The van der Waals surface area contributed by atoms with Crippen LogP contribution in [0.1, 0.15) is 29.8 Å². The molecule has 2 aromatic rings. The van der Waals surface area contributed by atoms with E-state index in [1.54, 1.807) is 50.2 Å². The summed E-state index contributed by atoms with van der Waals surface area (Å²) in [7, 11) is -3.52. The van der Waals surface area contributed by atoms with Gasteiger partial charge in [-0.3, -0.25) is 4.79 Å². The third-order valence-electron chi connectivity index (χ3n) is 3.43. The summed E-state index contributed by atoms with van der Waals surface area (Å²) in [6, 6.07) is 13.3. The second-order valence-corrected chi connectivity index (χ2v) is 8.31. The zero-order valence-electron chi connectivity index (χ0n) is 12.9. The highest BCUT2D eigenvalue weighted by molar-refractivity contribution is 7.92. The van der Waals surface area contributed by atoms with Crippen LogP contribution in [0.4, 0.5) is 0 Å². The van der Waals surface area contributed by atoms with Crippen LogP contribution in [0, 0.1) is 0 Å². The smallest absolute Gasteiger partial charge is 0.252 e. The lowest BCUT2D eigenvalue weighted by atomic mass is 10.2. The topological polar surface area (TPSA) is 63.2 Å². The lowest BCUT2D eigenvalue weighted by Crippen LogP contribution is -2.26. The molecule has 1 amide bonds. The van der Waals surface area contributed by atoms with Gasteiger partial charge in [-0.15, -0.1) is 0 Å². The van der Waals surface area contributed by atoms with Crippen molar-refractivity contribution in [1.29, 1.82) is 0 Å². The Balaban J connectivity index is 2.22. The van der Waals surface area contributed by atoms with Gasteiger partial charge in [-0.1, -0.05) is 35.9 Å². The van der Waals surface area contributed by atoms with Crippen molar-refractivity contribution in [2.24, 2.45) is 0 Å². The van der Waals surface area contributed by atoms with Gasteiger partial charge in [0.25, 0.3) is 5.91 Å². The predicted molar refractivity (Wildman–Crippen MR) is 91.4 cm³/mol. The lowest BCUT2D eigenvalue weighted by molar-refractivity contribution is 0.0947. The number of nitrogens with one attached hydrogen (secondary N) is 1. The van der Waals surface area contributed by atoms with Crippen molar-refractivity contribution in [3.63, 3.8) is 0 Å². The normalized spacial score (nSPS) is 11.5. The van der Waals surface area contributed by atoms with Crippen LogP contribution in [0.3, 0.4) is 0 Å². The summed E-state index contributed by atoms with van der Waals surface area (Å²) < 4.78 is 24.7. The number of hydrogen-bond donors (Lipinski definition) is 1. The van der Waals surface area contributed by atoms with Crippen molar-refractivity contribution in [2.45, 2.75) is 30.5 Å². The summed E-state index contributed by atoms with van der Waals surface area (Å²) in [5.41, 5.74) is 1.04. The molecule has 0 fully saturated rings. The molecule has 0 spiro atoms. The first-order chi connectivity index (χ1) is 10.8. The summed E-state index contributed by atoms with van der Waals surface area (Å²) in [5, 5.41) is 2.77. The van der Waals surface area contributed by atoms with E-state index in [0.717, 1.165) is 5.56 Å². The Morgan fingerprint density at radius 1 is 1.09 bits per heavy atom. The Kier molecular flexibility index (Phi) is 5.44. The zero-order valence-corrected chi connectivity index (χ0v) is 14.5. The van der Waals surface area contributed by atoms with Gasteiger partial charge in [-0.2, -0.15) is 0 Å². The van der Waals surface area contributed by atoms with E-state index < -0.39 is 21.0 Å². The molecule has 0 atom stereocenters. The molecule has 0 aromatic heterocycles. The summed E-state index contributed by atoms with van der Waals surface area (Å²) in [6.07, 6.45) is 0. The number of benzene rings is 2. The molecule has 2 aromatic carbocycles. The van der Waals surface area contributed by atoms with Gasteiger partial charge >= 0.3 is 0 Å². The molecule has 6 heteroatoms. The Hall–Kier alpha value is -1.85. The van der Waals surface area contributed by atoms with E-state index in [-0.39, 0.29) is 10.5 Å². The van der Waals surface area contributed by atoms with Crippen molar-refractivity contribution in [2.75, 3.05) is 0 Å². The van der Waals surface area contributed by atoms with E-state index in [1.165, 1.54) is 12.1 Å². The number of rotatable bonds is 5. The van der Waals surface area contributed by atoms with Crippen molar-refractivity contribution in [3.8, 4) is 0 Å². The van der Waals surface area contributed by atoms with Gasteiger partial charge < -0.3 is 5.32 Å².